The quantitative estimate of drug-likeness (QED) is 0.724. The van der Waals surface area contributed by atoms with Crippen molar-refractivity contribution in [3.63, 3.8) is 0 Å². The zero-order valence-corrected chi connectivity index (χ0v) is 13.6. The number of rotatable bonds is 5. The predicted molar refractivity (Wildman–Crippen MR) is 92.5 cm³/mol. The van der Waals surface area contributed by atoms with Gasteiger partial charge in [-0.1, -0.05) is 48.0 Å². The van der Waals surface area contributed by atoms with Crippen LogP contribution in [0.25, 0.3) is 11.0 Å². The van der Waals surface area contributed by atoms with Crippen LogP contribution in [0, 0.1) is 0 Å². The van der Waals surface area contributed by atoms with E-state index in [2.05, 4.69) is 5.32 Å². The van der Waals surface area contributed by atoms with E-state index >= 15 is 0 Å². The van der Waals surface area contributed by atoms with E-state index in [0.29, 0.717) is 17.9 Å². The van der Waals surface area contributed by atoms with Gasteiger partial charge in [0.15, 0.2) is 0 Å². The van der Waals surface area contributed by atoms with Gasteiger partial charge in [0, 0.05) is 16.8 Å². The number of furan rings is 1. The van der Waals surface area contributed by atoms with Crippen LogP contribution in [0.2, 0.25) is 5.02 Å². The number of fused-ring (bicyclic) bond motifs is 1. The summed E-state index contributed by atoms with van der Waals surface area (Å²) in [5, 5.41) is 4.71. The zero-order valence-electron chi connectivity index (χ0n) is 12.9. The van der Waals surface area contributed by atoms with E-state index in [1.807, 2.05) is 61.5 Å². The zero-order chi connectivity index (χ0) is 16.2. The molecule has 1 atom stereocenters. The normalized spacial score (nSPS) is 12.3. The standard InChI is InChI=1S/C19H18ClNO2/c1-13(18-12-15-7-3-5-9-17(15)23-18)21-19(22)11-10-14-6-2-4-8-16(14)20/h2-9,12-13H,10-11H2,1H3,(H,21,22). The summed E-state index contributed by atoms with van der Waals surface area (Å²) in [7, 11) is 0. The molecule has 1 heterocycles. The van der Waals surface area contributed by atoms with Crippen LogP contribution in [-0.2, 0) is 11.2 Å². The Hall–Kier alpha value is -2.26. The number of benzene rings is 2. The molecule has 0 radical (unpaired) electrons. The van der Waals surface area contributed by atoms with E-state index in [-0.39, 0.29) is 11.9 Å². The number of carbonyl (C=O) groups is 1. The SMILES string of the molecule is CC(NC(=O)CCc1ccccc1Cl)c1cc2ccccc2o1. The molecule has 118 valence electrons. The molecular formula is C19H18ClNO2. The van der Waals surface area contributed by atoms with E-state index in [0.717, 1.165) is 22.3 Å². The summed E-state index contributed by atoms with van der Waals surface area (Å²) in [6.07, 6.45) is 1.02. The maximum atomic E-state index is 12.1. The molecule has 0 aliphatic rings. The molecule has 1 unspecified atom stereocenters. The predicted octanol–water partition coefficient (Wildman–Crippen LogP) is 4.90. The number of carbonyl (C=O) groups excluding carboxylic acids is 1. The van der Waals surface area contributed by atoms with Crippen LogP contribution >= 0.6 is 11.6 Å². The molecular weight excluding hydrogens is 310 g/mol. The van der Waals surface area contributed by atoms with E-state index in [4.69, 9.17) is 16.0 Å². The summed E-state index contributed by atoms with van der Waals surface area (Å²) in [5.41, 5.74) is 1.82. The Labute approximate surface area is 140 Å². The highest BCUT2D eigenvalue weighted by Gasteiger charge is 2.14. The molecule has 0 saturated heterocycles. The molecule has 0 spiro atoms. The lowest BCUT2D eigenvalue weighted by molar-refractivity contribution is -0.121. The van der Waals surface area contributed by atoms with Crippen molar-refractivity contribution in [3.8, 4) is 0 Å². The highest BCUT2D eigenvalue weighted by atomic mass is 35.5. The number of para-hydroxylation sites is 1. The van der Waals surface area contributed by atoms with Gasteiger partial charge in [-0.2, -0.15) is 0 Å². The fourth-order valence-electron chi connectivity index (χ4n) is 2.55. The van der Waals surface area contributed by atoms with Crippen LogP contribution in [0.15, 0.2) is 59.0 Å². The Kier molecular flexibility index (Phi) is 4.68. The Morgan fingerprint density at radius 1 is 1.17 bits per heavy atom. The molecule has 2 aromatic carbocycles. The number of amides is 1. The summed E-state index contributed by atoms with van der Waals surface area (Å²) in [6.45, 7) is 1.92. The van der Waals surface area contributed by atoms with Gasteiger partial charge < -0.3 is 9.73 Å². The average Bonchev–Trinajstić information content (AvgIpc) is 2.98. The summed E-state index contributed by atoms with van der Waals surface area (Å²) in [5.74, 6) is 0.746. The van der Waals surface area contributed by atoms with Crippen molar-refractivity contribution in [3.05, 3.63) is 70.9 Å². The highest BCUT2D eigenvalue weighted by Crippen LogP contribution is 2.23. The molecule has 0 fully saturated rings. The number of hydrogen-bond donors (Lipinski definition) is 1. The lowest BCUT2D eigenvalue weighted by Crippen LogP contribution is -2.26. The highest BCUT2D eigenvalue weighted by molar-refractivity contribution is 6.31. The second kappa shape index (κ2) is 6.88. The van der Waals surface area contributed by atoms with E-state index in [1.165, 1.54) is 0 Å². The molecule has 1 aromatic heterocycles. The third-order valence-corrected chi connectivity index (χ3v) is 4.20. The van der Waals surface area contributed by atoms with Crippen LogP contribution in [0.5, 0.6) is 0 Å². The smallest absolute Gasteiger partial charge is 0.220 e. The number of hydrogen-bond acceptors (Lipinski definition) is 2. The summed E-state index contributed by atoms with van der Waals surface area (Å²) in [6, 6.07) is 17.2. The second-order valence-corrected chi connectivity index (χ2v) is 5.97. The lowest BCUT2D eigenvalue weighted by Gasteiger charge is -2.11. The summed E-state index contributed by atoms with van der Waals surface area (Å²) < 4.78 is 5.78. The van der Waals surface area contributed by atoms with Crippen molar-refractivity contribution < 1.29 is 9.21 Å². The molecule has 3 rings (SSSR count). The number of nitrogens with one attached hydrogen (secondary N) is 1. The molecule has 0 saturated carbocycles. The Morgan fingerprint density at radius 3 is 2.70 bits per heavy atom. The molecule has 0 aliphatic carbocycles. The van der Waals surface area contributed by atoms with E-state index in [9.17, 15) is 4.79 Å². The average molecular weight is 328 g/mol. The molecule has 0 bridgehead atoms. The number of aryl methyl sites for hydroxylation is 1. The second-order valence-electron chi connectivity index (χ2n) is 5.57. The topological polar surface area (TPSA) is 42.2 Å². The van der Waals surface area contributed by atoms with Gasteiger partial charge in [-0.3, -0.25) is 4.79 Å². The molecule has 4 heteroatoms. The van der Waals surface area contributed by atoms with Crippen molar-refractivity contribution >= 4 is 28.5 Å². The third kappa shape index (κ3) is 3.74. The van der Waals surface area contributed by atoms with Crippen LogP contribution in [0.4, 0.5) is 0 Å². The van der Waals surface area contributed by atoms with Crippen molar-refractivity contribution in [1.29, 1.82) is 0 Å². The van der Waals surface area contributed by atoms with Crippen molar-refractivity contribution in [2.45, 2.75) is 25.8 Å². The molecule has 1 amide bonds. The van der Waals surface area contributed by atoms with Gasteiger partial charge in [-0.25, -0.2) is 0 Å². The maximum absolute atomic E-state index is 12.1. The van der Waals surface area contributed by atoms with Crippen molar-refractivity contribution in [2.75, 3.05) is 0 Å². The Morgan fingerprint density at radius 2 is 1.91 bits per heavy atom. The minimum absolute atomic E-state index is 0.0159. The first-order valence-electron chi connectivity index (χ1n) is 7.65. The van der Waals surface area contributed by atoms with Crippen molar-refractivity contribution in [1.82, 2.24) is 5.32 Å². The maximum Gasteiger partial charge on any atom is 0.220 e. The lowest BCUT2D eigenvalue weighted by atomic mass is 10.1. The van der Waals surface area contributed by atoms with Crippen LogP contribution in [0.1, 0.15) is 30.7 Å². The fourth-order valence-corrected chi connectivity index (χ4v) is 2.78. The minimum Gasteiger partial charge on any atom is -0.459 e. The number of halogens is 1. The van der Waals surface area contributed by atoms with Gasteiger partial charge in [0.2, 0.25) is 5.91 Å². The van der Waals surface area contributed by atoms with E-state index < -0.39 is 0 Å². The Balaban J connectivity index is 1.60. The first-order valence-corrected chi connectivity index (χ1v) is 8.02. The van der Waals surface area contributed by atoms with Gasteiger partial charge in [0.25, 0.3) is 0 Å². The monoisotopic (exact) mass is 327 g/mol. The van der Waals surface area contributed by atoms with Gasteiger partial charge in [0.05, 0.1) is 6.04 Å². The van der Waals surface area contributed by atoms with Crippen LogP contribution < -0.4 is 5.32 Å². The van der Waals surface area contributed by atoms with Gasteiger partial charge in [-0.15, -0.1) is 0 Å². The van der Waals surface area contributed by atoms with E-state index in [1.54, 1.807) is 0 Å². The first kappa shape index (κ1) is 15.6. The summed E-state index contributed by atoms with van der Waals surface area (Å²) >= 11 is 6.11. The van der Waals surface area contributed by atoms with Crippen LogP contribution in [0.3, 0.4) is 0 Å². The summed E-state index contributed by atoms with van der Waals surface area (Å²) in [4.78, 5) is 12.1. The third-order valence-electron chi connectivity index (χ3n) is 3.83. The largest absolute Gasteiger partial charge is 0.459 e. The molecule has 1 N–H and O–H groups in total. The molecule has 3 aromatic rings. The van der Waals surface area contributed by atoms with Gasteiger partial charge >= 0.3 is 0 Å². The molecule has 3 nitrogen and oxygen atoms in total. The minimum atomic E-state index is -0.166. The molecule has 23 heavy (non-hydrogen) atoms. The Bertz CT molecular complexity index is 792. The molecule has 0 aliphatic heterocycles. The fraction of sp³-hybridized carbons (Fsp3) is 0.211. The van der Waals surface area contributed by atoms with Crippen molar-refractivity contribution in [2.24, 2.45) is 0 Å². The van der Waals surface area contributed by atoms with Gasteiger partial charge in [-0.05, 0) is 37.1 Å². The van der Waals surface area contributed by atoms with Crippen LogP contribution in [-0.4, -0.2) is 5.91 Å². The first-order chi connectivity index (χ1) is 11.1. The van der Waals surface area contributed by atoms with Gasteiger partial charge in [0.1, 0.15) is 11.3 Å².